The van der Waals surface area contributed by atoms with Crippen LogP contribution in [0.2, 0.25) is 0 Å². The molecule has 2 aromatic heterocycles. The predicted octanol–water partition coefficient (Wildman–Crippen LogP) is 3.70. The van der Waals surface area contributed by atoms with Crippen LogP contribution in [0.1, 0.15) is 20.7 Å². The van der Waals surface area contributed by atoms with Crippen molar-refractivity contribution in [1.29, 1.82) is 0 Å². The third-order valence-electron chi connectivity index (χ3n) is 5.13. The first-order valence-corrected chi connectivity index (χ1v) is 10.0. The normalized spacial score (nSPS) is 10.9. The molecule has 0 aliphatic rings. The molecule has 2 heterocycles. The van der Waals surface area contributed by atoms with Crippen LogP contribution >= 0.6 is 0 Å². The highest BCUT2D eigenvalue weighted by molar-refractivity contribution is 6.04. The maximum absolute atomic E-state index is 13.4. The minimum atomic E-state index is -1.07. The fraction of sp³-hybridized carbons (Fsp3) is 0.125. The SMILES string of the molecule is COC(=O)c1c(-c2ccc(F)cc2)nn2cc(NCCO)c(-c3cccc(C(=O)O)c3)cc12. The number of esters is 1. The number of methoxy groups -OCH3 is 1. The van der Waals surface area contributed by atoms with Crippen LogP contribution in [-0.2, 0) is 4.74 Å². The number of anilines is 1. The number of nitrogens with zero attached hydrogens (tertiary/aromatic N) is 2. The standard InChI is InChI=1S/C24H20FN3O5/c1-33-24(32)21-20-12-18(15-3-2-4-16(11-15)23(30)31)19(26-9-10-29)13-28(20)27-22(21)14-5-7-17(25)8-6-14/h2-8,11-13,26,29H,9-10H2,1H3,(H,30,31). The van der Waals surface area contributed by atoms with Crippen LogP contribution in [0.4, 0.5) is 10.1 Å². The quantitative estimate of drug-likeness (QED) is 0.369. The van der Waals surface area contributed by atoms with Gasteiger partial charge in [-0.3, -0.25) is 0 Å². The molecular weight excluding hydrogens is 429 g/mol. The van der Waals surface area contributed by atoms with Crippen molar-refractivity contribution in [3.63, 3.8) is 0 Å². The molecule has 0 aliphatic heterocycles. The Kier molecular flexibility index (Phi) is 6.05. The molecule has 0 saturated carbocycles. The second-order valence-corrected chi connectivity index (χ2v) is 7.19. The van der Waals surface area contributed by atoms with E-state index in [1.807, 2.05) is 0 Å². The number of aliphatic hydroxyl groups excluding tert-OH is 1. The number of aromatic nitrogens is 2. The Balaban J connectivity index is 1.99. The van der Waals surface area contributed by atoms with Crippen molar-refractivity contribution in [3.8, 4) is 22.4 Å². The molecule has 0 saturated heterocycles. The molecule has 4 rings (SSSR count). The average molecular weight is 449 g/mol. The number of ether oxygens (including phenoxy) is 1. The van der Waals surface area contributed by atoms with Gasteiger partial charge in [0.1, 0.15) is 17.1 Å². The Labute approximate surface area is 187 Å². The molecule has 168 valence electrons. The van der Waals surface area contributed by atoms with Gasteiger partial charge < -0.3 is 20.3 Å². The van der Waals surface area contributed by atoms with Crippen molar-refractivity contribution in [2.75, 3.05) is 25.6 Å². The van der Waals surface area contributed by atoms with E-state index < -0.39 is 17.8 Å². The summed E-state index contributed by atoms with van der Waals surface area (Å²) in [5, 5.41) is 26.3. The number of aromatic carboxylic acids is 1. The molecule has 4 aromatic rings. The van der Waals surface area contributed by atoms with E-state index >= 15 is 0 Å². The number of carboxylic acid groups (broad SMARTS) is 1. The Morgan fingerprint density at radius 1 is 1.12 bits per heavy atom. The number of carboxylic acids is 1. The van der Waals surface area contributed by atoms with Crippen molar-refractivity contribution in [3.05, 3.63) is 77.7 Å². The number of aliphatic hydroxyl groups is 1. The third kappa shape index (κ3) is 4.26. The summed E-state index contributed by atoms with van der Waals surface area (Å²) in [6.45, 7) is 0.118. The van der Waals surface area contributed by atoms with Gasteiger partial charge in [-0.25, -0.2) is 18.5 Å². The Morgan fingerprint density at radius 2 is 1.88 bits per heavy atom. The average Bonchev–Trinajstić information content (AvgIpc) is 3.20. The number of fused-ring (bicyclic) bond motifs is 1. The molecule has 0 unspecified atom stereocenters. The van der Waals surface area contributed by atoms with E-state index in [0.29, 0.717) is 33.6 Å². The van der Waals surface area contributed by atoms with Crippen LogP contribution in [-0.4, -0.2) is 52.0 Å². The summed E-state index contributed by atoms with van der Waals surface area (Å²) >= 11 is 0. The van der Waals surface area contributed by atoms with Gasteiger partial charge in [-0.15, -0.1) is 0 Å². The fourth-order valence-corrected chi connectivity index (χ4v) is 3.59. The molecule has 0 aliphatic carbocycles. The minimum absolute atomic E-state index is 0.106. The summed E-state index contributed by atoms with van der Waals surface area (Å²) in [5.74, 6) is -2.11. The van der Waals surface area contributed by atoms with E-state index in [2.05, 4.69) is 10.4 Å². The number of benzene rings is 2. The second kappa shape index (κ2) is 9.09. The number of nitrogens with one attached hydrogen (secondary N) is 1. The highest BCUT2D eigenvalue weighted by Crippen LogP contribution is 2.34. The molecule has 2 aromatic carbocycles. The lowest BCUT2D eigenvalue weighted by molar-refractivity contribution is 0.0602. The lowest BCUT2D eigenvalue weighted by Gasteiger charge is -2.13. The molecule has 0 amide bonds. The van der Waals surface area contributed by atoms with Crippen LogP contribution in [0.15, 0.2) is 60.8 Å². The van der Waals surface area contributed by atoms with Gasteiger partial charge in [-0.05, 0) is 48.0 Å². The van der Waals surface area contributed by atoms with Gasteiger partial charge >= 0.3 is 11.9 Å². The largest absolute Gasteiger partial charge is 0.478 e. The van der Waals surface area contributed by atoms with Crippen molar-refractivity contribution in [2.24, 2.45) is 0 Å². The fourth-order valence-electron chi connectivity index (χ4n) is 3.59. The first-order chi connectivity index (χ1) is 15.9. The van der Waals surface area contributed by atoms with Crippen molar-refractivity contribution in [1.82, 2.24) is 9.61 Å². The molecular formula is C24H20FN3O5. The van der Waals surface area contributed by atoms with Gasteiger partial charge in [0, 0.05) is 17.7 Å². The van der Waals surface area contributed by atoms with Gasteiger partial charge in [0.2, 0.25) is 0 Å². The number of hydrogen-bond acceptors (Lipinski definition) is 6. The topological polar surface area (TPSA) is 113 Å². The van der Waals surface area contributed by atoms with E-state index in [-0.39, 0.29) is 24.3 Å². The minimum Gasteiger partial charge on any atom is -0.478 e. The van der Waals surface area contributed by atoms with Crippen LogP contribution in [0.3, 0.4) is 0 Å². The van der Waals surface area contributed by atoms with Crippen molar-refractivity contribution < 1.29 is 28.9 Å². The lowest BCUT2D eigenvalue weighted by Crippen LogP contribution is -2.08. The van der Waals surface area contributed by atoms with E-state index in [1.165, 1.54) is 48.0 Å². The van der Waals surface area contributed by atoms with Gasteiger partial charge in [-0.1, -0.05) is 12.1 Å². The number of carbonyl (C=O) groups excluding carboxylic acids is 1. The Morgan fingerprint density at radius 3 is 2.55 bits per heavy atom. The smallest absolute Gasteiger partial charge is 0.342 e. The van der Waals surface area contributed by atoms with Gasteiger partial charge in [0.15, 0.2) is 0 Å². The zero-order chi connectivity index (χ0) is 23.5. The summed E-state index contributed by atoms with van der Waals surface area (Å²) < 4.78 is 19.9. The number of pyridine rings is 1. The van der Waals surface area contributed by atoms with Crippen LogP contribution in [0, 0.1) is 5.82 Å². The molecule has 33 heavy (non-hydrogen) atoms. The van der Waals surface area contributed by atoms with Crippen LogP contribution in [0.25, 0.3) is 27.9 Å². The Hall–Kier alpha value is -4.24. The summed E-state index contributed by atoms with van der Waals surface area (Å²) in [6, 6.07) is 13.7. The number of halogens is 1. The Bertz CT molecular complexity index is 1350. The number of hydrogen-bond donors (Lipinski definition) is 3. The molecule has 0 atom stereocenters. The molecule has 0 bridgehead atoms. The zero-order valence-corrected chi connectivity index (χ0v) is 17.6. The first-order valence-electron chi connectivity index (χ1n) is 10.0. The summed E-state index contributed by atoms with van der Waals surface area (Å²) in [6.07, 6.45) is 1.65. The number of carbonyl (C=O) groups is 2. The molecule has 0 spiro atoms. The first kappa shape index (κ1) is 22.0. The maximum Gasteiger partial charge on any atom is 0.342 e. The van der Waals surface area contributed by atoms with Crippen LogP contribution in [0.5, 0.6) is 0 Å². The highest BCUT2D eigenvalue weighted by Gasteiger charge is 2.23. The zero-order valence-electron chi connectivity index (χ0n) is 17.6. The molecule has 9 heteroatoms. The van der Waals surface area contributed by atoms with Crippen LogP contribution < -0.4 is 5.32 Å². The van der Waals surface area contributed by atoms with E-state index in [0.717, 1.165) is 0 Å². The summed E-state index contributed by atoms with van der Waals surface area (Å²) in [4.78, 5) is 24.2. The molecule has 3 N–H and O–H groups in total. The summed E-state index contributed by atoms with van der Waals surface area (Å²) in [5.41, 5.74) is 3.33. The van der Waals surface area contributed by atoms with Gasteiger partial charge in [0.05, 0.1) is 36.7 Å². The maximum atomic E-state index is 13.4. The van der Waals surface area contributed by atoms with Gasteiger partial charge in [0.25, 0.3) is 0 Å². The number of rotatable bonds is 7. The van der Waals surface area contributed by atoms with E-state index in [9.17, 15) is 24.2 Å². The van der Waals surface area contributed by atoms with Gasteiger partial charge in [-0.2, -0.15) is 5.10 Å². The second-order valence-electron chi connectivity index (χ2n) is 7.19. The monoisotopic (exact) mass is 449 g/mol. The highest BCUT2D eigenvalue weighted by atomic mass is 19.1. The molecule has 8 nitrogen and oxygen atoms in total. The van der Waals surface area contributed by atoms with E-state index in [4.69, 9.17) is 4.74 Å². The van der Waals surface area contributed by atoms with Crippen molar-refractivity contribution >= 4 is 23.1 Å². The molecule has 0 fully saturated rings. The van der Waals surface area contributed by atoms with Crippen molar-refractivity contribution in [2.45, 2.75) is 0 Å². The van der Waals surface area contributed by atoms with E-state index in [1.54, 1.807) is 24.4 Å². The third-order valence-corrected chi connectivity index (χ3v) is 5.13. The predicted molar refractivity (Wildman–Crippen MR) is 120 cm³/mol. The summed E-state index contributed by atoms with van der Waals surface area (Å²) in [7, 11) is 1.26. The molecule has 0 radical (unpaired) electrons. The lowest BCUT2D eigenvalue weighted by atomic mass is 10.0.